The first-order valence-corrected chi connectivity index (χ1v) is 9.34. The lowest BCUT2D eigenvalue weighted by molar-refractivity contribution is -0.0528. The van der Waals surface area contributed by atoms with Gasteiger partial charge >= 0.3 is 0 Å². The maximum atomic E-state index is 10.0. The highest BCUT2D eigenvalue weighted by Crippen LogP contribution is 2.66. The Morgan fingerprint density at radius 2 is 1.81 bits per heavy atom. The molecule has 4 rings (SSSR count). The second kappa shape index (κ2) is 4.60. The number of hydrogen-bond acceptors (Lipinski definition) is 1. The van der Waals surface area contributed by atoms with Crippen LogP contribution in [0.25, 0.3) is 0 Å². The molecule has 3 fully saturated rings. The van der Waals surface area contributed by atoms with Gasteiger partial charge in [0.05, 0.1) is 6.10 Å². The molecule has 4 aliphatic carbocycles. The van der Waals surface area contributed by atoms with E-state index in [0.29, 0.717) is 10.8 Å². The molecule has 3 saturated carbocycles. The minimum atomic E-state index is -0.162. The number of aliphatic hydroxyl groups is 1. The lowest BCUT2D eigenvalue weighted by Gasteiger charge is -2.58. The molecule has 0 amide bonds. The molecule has 1 N–H and O–H groups in total. The molecular weight excluding hydrogens is 256 g/mol. The smallest absolute Gasteiger partial charge is 0.0724 e. The molecule has 0 aromatic heterocycles. The molecule has 4 aliphatic rings. The van der Waals surface area contributed by atoms with Gasteiger partial charge in [0.1, 0.15) is 0 Å². The van der Waals surface area contributed by atoms with Crippen LogP contribution in [0.15, 0.2) is 11.6 Å². The van der Waals surface area contributed by atoms with Crippen molar-refractivity contribution in [2.75, 3.05) is 0 Å². The van der Waals surface area contributed by atoms with Gasteiger partial charge in [0.2, 0.25) is 0 Å². The van der Waals surface area contributed by atoms with E-state index in [1.165, 1.54) is 44.9 Å². The number of rotatable bonds is 0. The van der Waals surface area contributed by atoms with Crippen molar-refractivity contribution in [1.82, 2.24) is 0 Å². The van der Waals surface area contributed by atoms with E-state index in [1.807, 2.05) is 0 Å². The van der Waals surface area contributed by atoms with Crippen LogP contribution in [-0.4, -0.2) is 11.2 Å². The Balaban J connectivity index is 1.67. The van der Waals surface area contributed by atoms with E-state index in [4.69, 9.17) is 0 Å². The summed E-state index contributed by atoms with van der Waals surface area (Å²) in [7, 11) is 0. The fraction of sp³-hybridized carbons (Fsp3) is 0.900. The molecule has 0 heterocycles. The first-order chi connectivity index (χ1) is 9.95. The van der Waals surface area contributed by atoms with E-state index in [9.17, 15) is 5.11 Å². The third-order valence-electron chi connectivity index (χ3n) is 8.56. The number of allylic oxidation sites excluding steroid dienone is 1. The fourth-order valence-corrected chi connectivity index (χ4v) is 6.97. The zero-order valence-corrected chi connectivity index (χ0v) is 14.1. The molecule has 0 aliphatic heterocycles. The summed E-state index contributed by atoms with van der Waals surface area (Å²) in [5, 5.41) is 10.0. The highest BCUT2D eigenvalue weighted by Gasteiger charge is 2.57. The summed E-state index contributed by atoms with van der Waals surface area (Å²) in [6.45, 7) is 7.64. The van der Waals surface area contributed by atoms with Gasteiger partial charge in [0.25, 0.3) is 0 Å². The second-order valence-corrected chi connectivity index (χ2v) is 9.15. The van der Waals surface area contributed by atoms with Crippen LogP contribution in [0.4, 0.5) is 0 Å². The van der Waals surface area contributed by atoms with Crippen LogP contribution in [0, 0.1) is 34.5 Å². The Kier molecular flexibility index (Phi) is 3.13. The molecule has 118 valence electrons. The molecule has 0 bridgehead atoms. The molecule has 0 aromatic carbocycles. The topological polar surface area (TPSA) is 20.2 Å². The molecular formula is C20H32O. The van der Waals surface area contributed by atoms with Crippen LogP contribution in [0.1, 0.15) is 72.1 Å². The van der Waals surface area contributed by atoms with E-state index < -0.39 is 0 Å². The molecule has 1 heteroatoms. The summed E-state index contributed by atoms with van der Waals surface area (Å²) in [5.74, 6) is 3.78. The zero-order chi connectivity index (χ0) is 14.8. The fourth-order valence-electron chi connectivity index (χ4n) is 6.97. The van der Waals surface area contributed by atoms with Crippen molar-refractivity contribution in [2.24, 2.45) is 34.5 Å². The molecule has 7 unspecified atom stereocenters. The van der Waals surface area contributed by atoms with E-state index in [1.54, 1.807) is 5.57 Å². The van der Waals surface area contributed by atoms with Crippen LogP contribution in [0.3, 0.4) is 0 Å². The van der Waals surface area contributed by atoms with E-state index >= 15 is 0 Å². The van der Waals surface area contributed by atoms with E-state index in [2.05, 4.69) is 26.8 Å². The van der Waals surface area contributed by atoms with Crippen molar-refractivity contribution in [3.8, 4) is 0 Å². The van der Waals surface area contributed by atoms with E-state index in [0.717, 1.165) is 30.1 Å². The Labute approximate surface area is 130 Å². The lowest BCUT2D eigenvalue weighted by atomic mass is 9.47. The lowest BCUT2D eigenvalue weighted by Crippen LogP contribution is -2.50. The maximum absolute atomic E-state index is 10.0. The highest BCUT2D eigenvalue weighted by atomic mass is 16.3. The van der Waals surface area contributed by atoms with Gasteiger partial charge in [0.15, 0.2) is 0 Å². The Morgan fingerprint density at radius 3 is 2.62 bits per heavy atom. The average molecular weight is 288 g/mol. The summed E-state index contributed by atoms with van der Waals surface area (Å²) in [6, 6.07) is 0. The Morgan fingerprint density at radius 1 is 1.00 bits per heavy atom. The summed E-state index contributed by atoms with van der Waals surface area (Å²) < 4.78 is 0. The Bertz CT molecular complexity index is 466. The standard InChI is InChI=1S/C20H32O/c1-13-4-7-17-16-6-5-14-12-15(21)8-10-20(14,3)18(16)9-11-19(13,17)2/h12-13,15-18,21H,4-11H2,1-3H3. The van der Waals surface area contributed by atoms with Gasteiger partial charge < -0.3 is 5.11 Å². The average Bonchev–Trinajstić information content (AvgIpc) is 2.76. The van der Waals surface area contributed by atoms with Gasteiger partial charge in [-0.1, -0.05) is 32.4 Å². The van der Waals surface area contributed by atoms with E-state index in [-0.39, 0.29) is 6.10 Å². The van der Waals surface area contributed by atoms with Crippen molar-refractivity contribution >= 4 is 0 Å². The molecule has 0 spiro atoms. The summed E-state index contributed by atoms with van der Waals surface area (Å²) in [6.07, 6.45) is 12.8. The first-order valence-electron chi connectivity index (χ1n) is 9.34. The van der Waals surface area contributed by atoms with Crippen LogP contribution in [0.2, 0.25) is 0 Å². The van der Waals surface area contributed by atoms with Gasteiger partial charge in [-0.3, -0.25) is 0 Å². The summed E-state index contributed by atoms with van der Waals surface area (Å²) in [5.41, 5.74) is 2.65. The number of aliphatic hydroxyl groups excluding tert-OH is 1. The minimum absolute atomic E-state index is 0.162. The van der Waals surface area contributed by atoms with Crippen molar-refractivity contribution in [1.29, 1.82) is 0 Å². The van der Waals surface area contributed by atoms with Gasteiger partial charge in [-0.2, -0.15) is 0 Å². The maximum Gasteiger partial charge on any atom is 0.0724 e. The third-order valence-corrected chi connectivity index (χ3v) is 8.56. The summed E-state index contributed by atoms with van der Waals surface area (Å²) >= 11 is 0. The van der Waals surface area contributed by atoms with Crippen LogP contribution >= 0.6 is 0 Å². The van der Waals surface area contributed by atoms with Gasteiger partial charge in [-0.15, -0.1) is 0 Å². The molecule has 0 radical (unpaired) electrons. The van der Waals surface area contributed by atoms with Crippen LogP contribution < -0.4 is 0 Å². The van der Waals surface area contributed by atoms with Crippen molar-refractivity contribution < 1.29 is 5.11 Å². The normalized spacial score (nSPS) is 56.2. The van der Waals surface area contributed by atoms with Gasteiger partial charge in [0, 0.05) is 0 Å². The molecule has 0 aromatic rings. The number of hydrogen-bond donors (Lipinski definition) is 1. The zero-order valence-electron chi connectivity index (χ0n) is 14.1. The monoisotopic (exact) mass is 288 g/mol. The molecule has 21 heavy (non-hydrogen) atoms. The first kappa shape index (κ1) is 14.3. The van der Waals surface area contributed by atoms with Gasteiger partial charge in [-0.25, -0.2) is 0 Å². The van der Waals surface area contributed by atoms with Crippen molar-refractivity contribution in [3.05, 3.63) is 11.6 Å². The second-order valence-electron chi connectivity index (χ2n) is 9.15. The quantitative estimate of drug-likeness (QED) is 0.626. The van der Waals surface area contributed by atoms with Crippen molar-refractivity contribution in [3.63, 3.8) is 0 Å². The van der Waals surface area contributed by atoms with Crippen molar-refractivity contribution in [2.45, 2.75) is 78.2 Å². The largest absolute Gasteiger partial charge is 0.389 e. The van der Waals surface area contributed by atoms with Crippen LogP contribution in [-0.2, 0) is 0 Å². The molecule has 0 saturated heterocycles. The summed E-state index contributed by atoms with van der Waals surface area (Å²) in [4.78, 5) is 0. The molecule has 1 nitrogen and oxygen atoms in total. The van der Waals surface area contributed by atoms with Gasteiger partial charge in [-0.05, 0) is 85.9 Å². The SMILES string of the molecule is CC1CCC2C3CCC4=CC(O)CCC4(C)C3CCC12C. The predicted molar refractivity (Wildman–Crippen MR) is 86.9 cm³/mol. The third kappa shape index (κ3) is 1.85. The minimum Gasteiger partial charge on any atom is -0.389 e. The number of fused-ring (bicyclic) bond motifs is 5. The Hall–Kier alpha value is -0.300. The highest BCUT2D eigenvalue weighted by molar-refractivity contribution is 5.25. The van der Waals surface area contributed by atoms with Crippen LogP contribution in [0.5, 0.6) is 0 Å². The molecule has 7 atom stereocenters. The predicted octanol–water partition coefficient (Wildman–Crippen LogP) is 4.95.